The molecule has 6 heteroatoms. The number of nitro benzene ring substituents is 1. The first-order chi connectivity index (χ1) is 10.4. The molecule has 2 aromatic carbocycles. The summed E-state index contributed by atoms with van der Waals surface area (Å²) in [7, 11) is 1.31. The lowest BCUT2D eigenvalue weighted by molar-refractivity contribution is -0.387. The first-order valence-corrected chi connectivity index (χ1v) is 7.36. The van der Waals surface area contributed by atoms with Crippen molar-refractivity contribution in [1.82, 2.24) is 0 Å². The molecule has 0 unspecified atom stereocenters. The molecule has 0 aromatic heterocycles. The lowest BCUT2D eigenvalue weighted by atomic mass is 10.1. The fraction of sp³-hybridized carbons (Fsp3) is 0.188. The molecule has 0 fully saturated rings. The molecule has 114 valence electrons. The number of nitro groups is 1. The number of hydrogen-bond donors (Lipinski definition) is 0. The second-order valence-corrected chi connectivity index (χ2v) is 5.91. The number of aryl methyl sites for hydroxylation is 2. The second-order valence-electron chi connectivity index (χ2n) is 4.82. The summed E-state index contributed by atoms with van der Waals surface area (Å²) >= 11 is 1.19. The van der Waals surface area contributed by atoms with Crippen molar-refractivity contribution >= 4 is 23.4 Å². The number of carbonyl (C=O) groups excluding carboxylic acids is 1. The van der Waals surface area contributed by atoms with Crippen molar-refractivity contribution in [2.45, 2.75) is 23.6 Å². The Bertz CT molecular complexity index is 743. The molecule has 0 aliphatic heterocycles. The average Bonchev–Trinajstić information content (AvgIpc) is 2.48. The predicted octanol–water partition coefficient (Wildman–Crippen LogP) is 4.15. The highest BCUT2D eigenvalue weighted by atomic mass is 32.2. The molecule has 0 radical (unpaired) electrons. The van der Waals surface area contributed by atoms with Gasteiger partial charge in [0.2, 0.25) is 0 Å². The van der Waals surface area contributed by atoms with E-state index < -0.39 is 10.9 Å². The molecule has 2 aromatic rings. The van der Waals surface area contributed by atoms with Crippen LogP contribution in [-0.4, -0.2) is 18.0 Å². The average molecular weight is 317 g/mol. The van der Waals surface area contributed by atoms with Crippen LogP contribution < -0.4 is 0 Å². The number of rotatable bonds is 4. The van der Waals surface area contributed by atoms with Crippen LogP contribution in [0.2, 0.25) is 0 Å². The van der Waals surface area contributed by atoms with Crippen LogP contribution in [0, 0.1) is 24.0 Å². The van der Waals surface area contributed by atoms with Gasteiger partial charge >= 0.3 is 5.97 Å². The van der Waals surface area contributed by atoms with Gasteiger partial charge in [-0.15, -0.1) is 0 Å². The van der Waals surface area contributed by atoms with Crippen LogP contribution in [0.1, 0.15) is 21.5 Å². The van der Waals surface area contributed by atoms with Gasteiger partial charge in [0.1, 0.15) is 0 Å². The van der Waals surface area contributed by atoms with Crippen LogP contribution in [0.25, 0.3) is 0 Å². The van der Waals surface area contributed by atoms with Crippen LogP contribution >= 0.6 is 11.8 Å². The van der Waals surface area contributed by atoms with Gasteiger partial charge in [0, 0.05) is 11.0 Å². The Kier molecular flexibility index (Phi) is 4.82. The van der Waals surface area contributed by atoms with Crippen molar-refractivity contribution in [3.63, 3.8) is 0 Å². The van der Waals surface area contributed by atoms with E-state index in [1.54, 1.807) is 25.1 Å². The van der Waals surface area contributed by atoms with Crippen LogP contribution in [0.3, 0.4) is 0 Å². The molecule has 0 saturated carbocycles. The van der Waals surface area contributed by atoms with E-state index in [0.717, 1.165) is 11.1 Å². The fourth-order valence-electron chi connectivity index (χ4n) is 1.97. The number of hydrogen-bond acceptors (Lipinski definition) is 5. The van der Waals surface area contributed by atoms with Gasteiger partial charge in [-0.05, 0) is 43.2 Å². The van der Waals surface area contributed by atoms with Crippen molar-refractivity contribution in [2.75, 3.05) is 7.11 Å². The Morgan fingerprint density at radius 3 is 2.36 bits per heavy atom. The maximum atomic E-state index is 11.8. The molecule has 0 atom stereocenters. The van der Waals surface area contributed by atoms with Gasteiger partial charge in [0.05, 0.1) is 22.5 Å². The summed E-state index contributed by atoms with van der Waals surface area (Å²) in [5.41, 5.74) is 2.20. The van der Waals surface area contributed by atoms with Crippen molar-refractivity contribution in [3.05, 3.63) is 63.2 Å². The first kappa shape index (κ1) is 16.0. The van der Waals surface area contributed by atoms with E-state index in [0.29, 0.717) is 15.4 Å². The van der Waals surface area contributed by atoms with E-state index in [1.165, 1.54) is 24.9 Å². The molecule has 0 N–H and O–H groups in total. The number of esters is 1. The Labute approximate surface area is 132 Å². The van der Waals surface area contributed by atoms with Crippen LogP contribution in [0.15, 0.2) is 46.2 Å². The zero-order valence-electron chi connectivity index (χ0n) is 12.5. The molecular weight excluding hydrogens is 302 g/mol. The van der Waals surface area contributed by atoms with E-state index in [1.807, 2.05) is 19.1 Å². The summed E-state index contributed by atoms with van der Waals surface area (Å²) in [6, 6.07) is 10.3. The van der Waals surface area contributed by atoms with E-state index in [4.69, 9.17) is 4.74 Å². The minimum Gasteiger partial charge on any atom is -0.465 e. The molecule has 0 bridgehead atoms. The van der Waals surface area contributed by atoms with Gasteiger partial charge in [0.15, 0.2) is 0 Å². The standard InChI is InChI=1S/C16H15NO4S/c1-10-5-7-14(13(8-10)17(19)20)22-15-9-11(2)4-6-12(15)16(18)21-3/h4-9H,1-3H3. The Hall–Kier alpha value is -2.34. The van der Waals surface area contributed by atoms with Crippen LogP contribution in [0.5, 0.6) is 0 Å². The van der Waals surface area contributed by atoms with Crippen molar-refractivity contribution in [2.24, 2.45) is 0 Å². The first-order valence-electron chi connectivity index (χ1n) is 6.54. The number of benzene rings is 2. The largest absolute Gasteiger partial charge is 0.465 e. The van der Waals surface area contributed by atoms with Gasteiger partial charge in [-0.3, -0.25) is 10.1 Å². The highest BCUT2D eigenvalue weighted by Gasteiger charge is 2.19. The normalized spacial score (nSPS) is 10.3. The monoisotopic (exact) mass is 317 g/mol. The quantitative estimate of drug-likeness (QED) is 0.481. The summed E-state index contributed by atoms with van der Waals surface area (Å²) in [6.07, 6.45) is 0. The fourth-order valence-corrected chi connectivity index (χ4v) is 3.08. The third-order valence-corrected chi connectivity index (χ3v) is 4.20. The summed E-state index contributed by atoms with van der Waals surface area (Å²) in [4.78, 5) is 23.8. The van der Waals surface area contributed by atoms with E-state index in [9.17, 15) is 14.9 Å². The summed E-state index contributed by atoms with van der Waals surface area (Å²) in [5.74, 6) is -0.461. The lowest BCUT2D eigenvalue weighted by Gasteiger charge is -2.09. The molecular formula is C16H15NO4S. The van der Waals surface area contributed by atoms with Crippen molar-refractivity contribution < 1.29 is 14.5 Å². The summed E-state index contributed by atoms with van der Waals surface area (Å²) < 4.78 is 4.77. The minimum atomic E-state index is -0.461. The van der Waals surface area contributed by atoms with Gasteiger partial charge in [-0.2, -0.15) is 0 Å². The zero-order chi connectivity index (χ0) is 16.3. The highest BCUT2D eigenvalue weighted by Crippen LogP contribution is 2.37. The molecule has 0 spiro atoms. The Morgan fingerprint density at radius 2 is 1.73 bits per heavy atom. The molecule has 0 aliphatic carbocycles. The smallest absolute Gasteiger partial charge is 0.339 e. The molecule has 22 heavy (non-hydrogen) atoms. The number of nitrogens with zero attached hydrogens (tertiary/aromatic N) is 1. The molecule has 0 heterocycles. The third-order valence-electron chi connectivity index (χ3n) is 3.07. The Morgan fingerprint density at radius 1 is 1.09 bits per heavy atom. The number of methoxy groups -OCH3 is 1. The SMILES string of the molecule is COC(=O)c1ccc(C)cc1Sc1ccc(C)cc1[N+](=O)[O-]. The lowest BCUT2D eigenvalue weighted by Crippen LogP contribution is -2.03. The number of carbonyl (C=O) groups is 1. The topological polar surface area (TPSA) is 69.4 Å². The molecule has 0 aliphatic rings. The predicted molar refractivity (Wildman–Crippen MR) is 84.5 cm³/mol. The van der Waals surface area contributed by atoms with E-state index in [2.05, 4.69) is 0 Å². The van der Waals surface area contributed by atoms with Gasteiger partial charge < -0.3 is 4.74 Å². The van der Waals surface area contributed by atoms with E-state index >= 15 is 0 Å². The number of ether oxygens (including phenoxy) is 1. The molecule has 0 saturated heterocycles. The van der Waals surface area contributed by atoms with Gasteiger partial charge in [-0.1, -0.05) is 23.9 Å². The zero-order valence-corrected chi connectivity index (χ0v) is 13.3. The van der Waals surface area contributed by atoms with Crippen LogP contribution in [-0.2, 0) is 4.74 Å². The van der Waals surface area contributed by atoms with Gasteiger partial charge in [0.25, 0.3) is 5.69 Å². The maximum absolute atomic E-state index is 11.8. The maximum Gasteiger partial charge on any atom is 0.339 e. The minimum absolute atomic E-state index is 0.0299. The van der Waals surface area contributed by atoms with Crippen molar-refractivity contribution in [3.8, 4) is 0 Å². The highest BCUT2D eigenvalue weighted by molar-refractivity contribution is 7.99. The Balaban J connectivity index is 2.49. The van der Waals surface area contributed by atoms with Gasteiger partial charge in [-0.25, -0.2) is 4.79 Å². The molecule has 0 amide bonds. The molecule has 5 nitrogen and oxygen atoms in total. The van der Waals surface area contributed by atoms with E-state index in [-0.39, 0.29) is 5.69 Å². The molecule has 2 rings (SSSR count). The second kappa shape index (κ2) is 6.62. The van der Waals surface area contributed by atoms with Crippen LogP contribution in [0.4, 0.5) is 5.69 Å². The van der Waals surface area contributed by atoms with Crippen molar-refractivity contribution in [1.29, 1.82) is 0 Å². The summed E-state index contributed by atoms with van der Waals surface area (Å²) in [5, 5.41) is 11.2. The summed E-state index contributed by atoms with van der Waals surface area (Å²) in [6.45, 7) is 3.70. The third kappa shape index (κ3) is 3.46.